The van der Waals surface area contributed by atoms with Gasteiger partial charge in [-0.2, -0.15) is 8.78 Å². The summed E-state index contributed by atoms with van der Waals surface area (Å²) in [6, 6.07) is 1.88. The van der Waals surface area contributed by atoms with Gasteiger partial charge >= 0.3 is 12.6 Å². The Kier molecular flexibility index (Phi) is 3.76. The van der Waals surface area contributed by atoms with Crippen LogP contribution >= 0.6 is 0 Å². The van der Waals surface area contributed by atoms with Gasteiger partial charge in [0.1, 0.15) is 11.6 Å². The van der Waals surface area contributed by atoms with E-state index in [1.807, 2.05) is 0 Å². The molecule has 3 nitrogen and oxygen atoms in total. The molecule has 0 atom stereocenters. The van der Waals surface area contributed by atoms with Crippen molar-refractivity contribution in [2.75, 3.05) is 0 Å². The fraction of sp³-hybridized carbons (Fsp3) is 0.300. The Labute approximate surface area is 89.5 Å². The van der Waals surface area contributed by atoms with Gasteiger partial charge < -0.3 is 9.84 Å². The van der Waals surface area contributed by atoms with Crippen LogP contribution in [0.15, 0.2) is 12.1 Å². The topological polar surface area (TPSA) is 46.5 Å². The molecule has 0 saturated carbocycles. The fourth-order valence-corrected chi connectivity index (χ4v) is 1.35. The highest BCUT2D eigenvalue weighted by Gasteiger charge is 2.16. The monoisotopic (exact) mass is 234 g/mol. The van der Waals surface area contributed by atoms with E-state index >= 15 is 0 Å². The average molecular weight is 234 g/mol. The van der Waals surface area contributed by atoms with Crippen LogP contribution in [0.2, 0.25) is 0 Å². The molecule has 0 unspecified atom stereocenters. The van der Waals surface area contributed by atoms with Gasteiger partial charge in [0.15, 0.2) is 0 Å². The van der Waals surface area contributed by atoms with Gasteiger partial charge in [0.25, 0.3) is 0 Å². The number of aliphatic carboxylic acids is 1. The molecular weight excluding hydrogens is 225 g/mol. The van der Waals surface area contributed by atoms with Crippen LogP contribution in [0.25, 0.3) is 0 Å². The van der Waals surface area contributed by atoms with Crippen LogP contribution in [0.1, 0.15) is 11.1 Å². The Morgan fingerprint density at radius 1 is 1.50 bits per heavy atom. The van der Waals surface area contributed by atoms with E-state index in [-0.39, 0.29) is 16.9 Å². The van der Waals surface area contributed by atoms with Crippen molar-refractivity contribution in [1.29, 1.82) is 0 Å². The number of alkyl halides is 2. The van der Waals surface area contributed by atoms with Crippen LogP contribution in [0.5, 0.6) is 5.75 Å². The maximum atomic E-state index is 13.0. The lowest BCUT2D eigenvalue weighted by atomic mass is 10.1. The lowest BCUT2D eigenvalue weighted by molar-refractivity contribution is -0.136. The Morgan fingerprint density at radius 3 is 2.62 bits per heavy atom. The van der Waals surface area contributed by atoms with Crippen molar-refractivity contribution in [3.05, 3.63) is 29.1 Å². The molecule has 0 aliphatic carbocycles. The second-order valence-corrected chi connectivity index (χ2v) is 3.16. The molecule has 0 bridgehead atoms. The van der Waals surface area contributed by atoms with Crippen molar-refractivity contribution in [2.24, 2.45) is 0 Å². The quantitative estimate of drug-likeness (QED) is 0.869. The minimum Gasteiger partial charge on any atom is -0.481 e. The SMILES string of the molecule is Cc1cc(F)cc(CC(=O)O)c1OC(F)F. The van der Waals surface area contributed by atoms with Gasteiger partial charge in [0.2, 0.25) is 0 Å². The molecule has 0 aliphatic rings. The third-order valence-electron chi connectivity index (χ3n) is 1.86. The Bertz CT molecular complexity index is 405. The molecule has 1 N–H and O–H groups in total. The second-order valence-electron chi connectivity index (χ2n) is 3.16. The molecule has 6 heteroatoms. The van der Waals surface area contributed by atoms with Crippen LogP contribution in [0, 0.1) is 12.7 Å². The zero-order valence-corrected chi connectivity index (χ0v) is 8.34. The molecule has 1 aromatic carbocycles. The van der Waals surface area contributed by atoms with E-state index < -0.39 is 24.8 Å². The Hall–Kier alpha value is -1.72. The van der Waals surface area contributed by atoms with E-state index in [0.29, 0.717) is 0 Å². The first-order valence-corrected chi connectivity index (χ1v) is 4.35. The molecule has 0 radical (unpaired) electrons. The first-order chi connectivity index (χ1) is 7.40. The van der Waals surface area contributed by atoms with Gasteiger partial charge in [-0.3, -0.25) is 4.79 Å². The summed E-state index contributed by atoms with van der Waals surface area (Å²) in [5.41, 5.74) is 0.0295. The number of halogens is 3. The third-order valence-corrected chi connectivity index (χ3v) is 1.86. The first kappa shape index (κ1) is 12.4. The Morgan fingerprint density at radius 2 is 2.12 bits per heavy atom. The molecule has 1 rings (SSSR count). The molecule has 0 fully saturated rings. The number of aryl methyl sites for hydroxylation is 1. The lowest BCUT2D eigenvalue weighted by Crippen LogP contribution is -2.09. The minimum atomic E-state index is -3.07. The summed E-state index contributed by atoms with van der Waals surface area (Å²) in [6.07, 6.45) is -0.569. The van der Waals surface area contributed by atoms with Gasteiger partial charge in [-0.1, -0.05) is 0 Å². The van der Waals surface area contributed by atoms with Crippen LogP contribution in [-0.2, 0) is 11.2 Å². The highest BCUT2D eigenvalue weighted by molar-refractivity contribution is 5.71. The molecule has 0 saturated heterocycles. The summed E-state index contributed by atoms with van der Waals surface area (Å²) in [5.74, 6) is -2.21. The van der Waals surface area contributed by atoms with Crippen molar-refractivity contribution in [3.63, 3.8) is 0 Å². The van der Waals surface area contributed by atoms with Crippen molar-refractivity contribution < 1.29 is 27.8 Å². The number of rotatable bonds is 4. The van der Waals surface area contributed by atoms with Crippen LogP contribution < -0.4 is 4.74 Å². The molecule has 1 aromatic rings. The van der Waals surface area contributed by atoms with E-state index in [1.54, 1.807) is 0 Å². The molecule has 16 heavy (non-hydrogen) atoms. The number of benzene rings is 1. The van der Waals surface area contributed by atoms with Gasteiger partial charge in [-0.15, -0.1) is 0 Å². The molecule has 88 valence electrons. The van der Waals surface area contributed by atoms with Crippen molar-refractivity contribution in [1.82, 2.24) is 0 Å². The number of carboxylic acid groups (broad SMARTS) is 1. The van der Waals surface area contributed by atoms with E-state index in [2.05, 4.69) is 4.74 Å². The summed E-state index contributed by atoms with van der Waals surface area (Å²) in [5, 5.41) is 8.54. The molecule has 0 heterocycles. The van der Waals surface area contributed by atoms with Gasteiger partial charge in [0, 0.05) is 5.56 Å². The van der Waals surface area contributed by atoms with E-state index in [0.717, 1.165) is 12.1 Å². The Balaban J connectivity index is 3.15. The van der Waals surface area contributed by atoms with E-state index in [1.165, 1.54) is 6.92 Å². The molecule has 0 spiro atoms. The minimum absolute atomic E-state index is 0.106. The van der Waals surface area contributed by atoms with Crippen molar-refractivity contribution >= 4 is 5.97 Å². The first-order valence-electron chi connectivity index (χ1n) is 4.35. The molecule has 0 aromatic heterocycles. The summed E-state index contributed by atoms with van der Waals surface area (Å²) in [7, 11) is 0. The summed E-state index contributed by atoms with van der Waals surface area (Å²) in [4.78, 5) is 10.5. The largest absolute Gasteiger partial charge is 0.481 e. The van der Waals surface area contributed by atoms with Crippen molar-refractivity contribution in [3.8, 4) is 5.75 Å². The molecular formula is C10H9F3O3. The predicted molar refractivity (Wildman–Crippen MR) is 49.1 cm³/mol. The van der Waals surface area contributed by atoms with Gasteiger partial charge in [-0.25, -0.2) is 4.39 Å². The van der Waals surface area contributed by atoms with Gasteiger partial charge in [-0.05, 0) is 24.6 Å². The average Bonchev–Trinajstić information content (AvgIpc) is 2.09. The number of hydrogen-bond donors (Lipinski definition) is 1. The molecule has 0 aliphatic heterocycles. The third kappa shape index (κ3) is 3.15. The maximum absolute atomic E-state index is 13.0. The van der Waals surface area contributed by atoms with Crippen LogP contribution in [0.3, 0.4) is 0 Å². The number of hydrogen-bond acceptors (Lipinski definition) is 2. The lowest BCUT2D eigenvalue weighted by Gasteiger charge is -2.12. The maximum Gasteiger partial charge on any atom is 0.387 e. The summed E-state index contributed by atoms with van der Waals surface area (Å²) < 4.78 is 41.2. The zero-order chi connectivity index (χ0) is 12.3. The smallest absolute Gasteiger partial charge is 0.387 e. The number of ether oxygens (including phenoxy) is 1. The highest BCUT2D eigenvalue weighted by atomic mass is 19.3. The zero-order valence-electron chi connectivity index (χ0n) is 8.34. The number of carboxylic acids is 1. The number of carbonyl (C=O) groups is 1. The van der Waals surface area contributed by atoms with Crippen molar-refractivity contribution in [2.45, 2.75) is 20.0 Å². The standard InChI is InChI=1S/C10H9F3O3/c1-5-2-7(11)3-6(4-8(14)15)9(5)16-10(12)13/h2-3,10H,4H2,1H3,(H,14,15). The second kappa shape index (κ2) is 4.87. The highest BCUT2D eigenvalue weighted by Crippen LogP contribution is 2.27. The fourth-order valence-electron chi connectivity index (χ4n) is 1.35. The van der Waals surface area contributed by atoms with E-state index in [4.69, 9.17) is 5.11 Å². The normalized spacial score (nSPS) is 10.6. The predicted octanol–water partition coefficient (Wildman–Crippen LogP) is 2.36. The van der Waals surface area contributed by atoms with E-state index in [9.17, 15) is 18.0 Å². The summed E-state index contributed by atoms with van der Waals surface area (Å²) >= 11 is 0. The summed E-state index contributed by atoms with van der Waals surface area (Å²) in [6.45, 7) is -1.71. The van der Waals surface area contributed by atoms with Crippen LogP contribution in [0.4, 0.5) is 13.2 Å². The molecule has 0 amide bonds. The van der Waals surface area contributed by atoms with Crippen LogP contribution in [-0.4, -0.2) is 17.7 Å². The van der Waals surface area contributed by atoms with Gasteiger partial charge in [0.05, 0.1) is 6.42 Å².